The highest BCUT2D eigenvalue weighted by Gasteiger charge is 2.41. The highest BCUT2D eigenvalue weighted by Crippen LogP contribution is 2.46. The smallest absolute Gasteiger partial charge is 0.109 e. The molecule has 0 unspecified atom stereocenters. The van der Waals surface area contributed by atoms with Gasteiger partial charge in [0.05, 0.1) is 5.69 Å². The third-order valence-electron chi connectivity index (χ3n) is 4.36. The summed E-state index contributed by atoms with van der Waals surface area (Å²) in [6.45, 7) is 10.8. The molecule has 0 N–H and O–H groups in total. The van der Waals surface area contributed by atoms with E-state index in [4.69, 9.17) is 4.98 Å². The van der Waals surface area contributed by atoms with Crippen LogP contribution < -0.4 is 0 Å². The molecule has 2 aliphatic rings. The summed E-state index contributed by atoms with van der Waals surface area (Å²) in [7, 11) is 0. The number of aryl methyl sites for hydroxylation is 1. The lowest BCUT2D eigenvalue weighted by molar-refractivity contribution is 0.219. The monoisotopic (exact) mass is 232 g/mol. The third-order valence-corrected chi connectivity index (χ3v) is 4.36. The maximum atomic E-state index is 4.95. The van der Waals surface area contributed by atoms with E-state index in [1.54, 1.807) is 5.69 Å². The number of hydrogen-bond acceptors (Lipinski definition) is 1. The van der Waals surface area contributed by atoms with E-state index < -0.39 is 0 Å². The summed E-state index contributed by atoms with van der Waals surface area (Å²) in [6.07, 6.45) is 6.27. The van der Waals surface area contributed by atoms with Crippen molar-refractivity contribution in [3.63, 3.8) is 0 Å². The first-order valence-corrected chi connectivity index (χ1v) is 6.98. The number of nitrogens with zero attached hydrogens (tertiary/aromatic N) is 2. The molecular weight excluding hydrogens is 208 g/mol. The summed E-state index contributed by atoms with van der Waals surface area (Å²) in [5.41, 5.74) is 3.63. The normalized spacial score (nSPS) is 25.2. The second-order valence-electron chi connectivity index (χ2n) is 7.33. The van der Waals surface area contributed by atoms with E-state index in [1.807, 2.05) is 0 Å². The predicted octanol–water partition coefficient (Wildman–Crippen LogP) is 3.47. The number of rotatable bonds is 0. The average molecular weight is 232 g/mol. The Balaban J connectivity index is 2.15. The maximum absolute atomic E-state index is 4.95. The van der Waals surface area contributed by atoms with Gasteiger partial charge in [0.15, 0.2) is 0 Å². The average Bonchev–Trinajstić information content (AvgIpc) is 2.51. The zero-order chi connectivity index (χ0) is 12.3. The van der Waals surface area contributed by atoms with Crippen LogP contribution in [0.4, 0.5) is 0 Å². The summed E-state index contributed by atoms with van der Waals surface area (Å²) >= 11 is 0. The van der Waals surface area contributed by atoms with Crippen molar-refractivity contribution in [1.82, 2.24) is 9.55 Å². The number of fused-ring (bicyclic) bond motifs is 3. The lowest BCUT2D eigenvalue weighted by Crippen LogP contribution is -2.36. The van der Waals surface area contributed by atoms with Crippen molar-refractivity contribution in [2.75, 3.05) is 0 Å². The standard InChI is InChI=1S/C15H24N2/c1-14(2)9-11-13(15(3,4)10-14)17-8-6-5-7-12(17)16-11/h5-10H2,1-4H3. The first-order valence-electron chi connectivity index (χ1n) is 6.98. The van der Waals surface area contributed by atoms with Crippen LogP contribution in [0.15, 0.2) is 0 Å². The van der Waals surface area contributed by atoms with Crippen LogP contribution in [0.25, 0.3) is 0 Å². The van der Waals surface area contributed by atoms with E-state index >= 15 is 0 Å². The van der Waals surface area contributed by atoms with Gasteiger partial charge >= 0.3 is 0 Å². The SMILES string of the molecule is CC1(C)Cc2nc3n(c2C(C)(C)C1)CCCC3. The van der Waals surface area contributed by atoms with Crippen LogP contribution in [0.1, 0.15) is 64.2 Å². The Labute approximate surface area is 104 Å². The Morgan fingerprint density at radius 1 is 1.12 bits per heavy atom. The van der Waals surface area contributed by atoms with Crippen molar-refractivity contribution in [1.29, 1.82) is 0 Å². The fraction of sp³-hybridized carbons (Fsp3) is 0.800. The van der Waals surface area contributed by atoms with E-state index in [2.05, 4.69) is 32.3 Å². The molecule has 2 heterocycles. The molecule has 0 radical (unpaired) electrons. The Kier molecular flexibility index (Phi) is 2.24. The van der Waals surface area contributed by atoms with Gasteiger partial charge in [-0.05, 0) is 31.1 Å². The molecule has 94 valence electrons. The summed E-state index contributed by atoms with van der Waals surface area (Å²) in [5.74, 6) is 1.35. The molecule has 1 aliphatic heterocycles. The molecule has 0 aromatic carbocycles. The lowest BCUT2D eigenvalue weighted by atomic mass is 9.66. The van der Waals surface area contributed by atoms with Gasteiger partial charge < -0.3 is 4.57 Å². The van der Waals surface area contributed by atoms with Crippen molar-refractivity contribution in [3.8, 4) is 0 Å². The van der Waals surface area contributed by atoms with E-state index in [-0.39, 0.29) is 0 Å². The molecule has 0 fully saturated rings. The molecule has 17 heavy (non-hydrogen) atoms. The Bertz CT molecular complexity index is 452. The largest absolute Gasteiger partial charge is 0.331 e. The predicted molar refractivity (Wildman–Crippen MR) is 70.3 cm³/mol. The second-order valence-corrected chi connectivity index (χ2v) is 7.33. The van der Waals surface area contributed by atoms with Gasteiger partial charge in [0.25, 0.3) is 0 Å². The van der Waals surface area contributed by atoms with Gasteiger partial charge in [0.1, 0.15) is 5.82 Å². The molecule has 0 spiro atoms. The zero-order valence-corrected chi connectivity index (χ0v) is 11.6. The highest BCUT2D eigenvalue weighted by molar-refractivity contribution is 5.30. The van der Waals surface area contributed by atoms with Gasteiger partial charge in [0, 0.05) is 24.1 Å². The van der Waals surface area contributed by atoms with Gasteiger partial charge in [0.2, 0.25) is 0 Å². The van der Waals surface area contributed by atoms with Crippen molar-refractivity contribution in [2.24, 2.45) is 5.41 Å². The second kappa shape index (κ2) is 3.37. The molecule has 2 nitrogen and oxygen atoms in total. The first kappa shape index (κ1) is 11.3. The number of hydrogen-bond donors (Lipinski definition) is 0. The van der Waals surface area contributed by atoms with E-state index in [9.17, 15) is 0 Å². The van der Waals surface area contributed by atoms with Crippen LogP contribution >= 0.6 is 0 Å². The number of aromatic nitrogens is 2. The van der Waals surface area contributed by atoms with Crippen molar-refractivity contribution < 1.29 is 0 Å². The fourth-order valence-electron chi connectivity index (χ4n) is 4.21. The minimum absolute atomic E-state index is 0.291. The lowest BCUT2D eigenvalue weighted by Gasteiger charge is -2.41. The van der Waals surface area contributed by atoms with Crippen molar-refractivity contribution >= 4 is 0 Å². The van der Waals surface area contributed by atoms with Gasteiger partial charge in [-0.25, -0.2) is 4.98 Å². The molecule has 3 rings (SSSR count). The van der Waals surface area contributed by atoms with E-state index in [1.165, 1.54) is 43.7 Å². The summed E-state index contributed by atoms with van der Waals surface area (Å²) in [4.78, 5) is 4.95. The van der Waals surface area contributed by atoms with E-state index in [0.717, 1.165) is 6.42 Å². The van der Waals surface area contributed by atoms with Crippen LogP contribution in [0.5, 0.6) is 0 Å². The summed E-state index contributed by atoms with van der Waals surface area (Å²) < 4.78 is 2.54. The molecule has 0 saturated heterocycles. The van der Waals surface area contributed by atoms with Crippen LogP contribution in [0.3, 0.4) is 0 Å². The van der Waals surface area contributed by atoms with E-state index in [0.29, 0.717) is 10.8 Å². The minimum Gasteiger partial charge on any atom is -0.331 e. The molecule has 0 saturated carbocycles. The van der Waals surface area contributed by atoms with Crippen LogP contribution in [-0.4, -0.2) is 9.55 Å². The quantitative estimate of drug-likeness (QED) is 0.669. The van der Waals surface area contributed by atoms with Gasteiger partial charge in [-0.3, -0.25) is 0 Å². The highest BCUT2D eigenvalue weighted by atomic mass is 15.1. The number of imidazole rings is 1. The zero-order valence-electron chi connectivity index (χ0n) is 11.6. The van der Waals surface area contributed by atoms with Crippen LogP contribution in [0.2, 0.25) is 0 Å². The van der Waals surface area contributed by atoms with Crippen LogP contribution in [0, 0.1) is 5.41 Å². The summed E-state index contributed by atoms with van der Waals surface area (Å²) in [6, 6.07) is 0. The van der Waals surface area contributed by atoms with Gasteiger partial charge in [-0.1, -0.05) is 27.7 Å². The molecule has 2 heteroatoms. The van der Waals surface area contributed by atoms with Crippen molar-refractivity contribution in [2.45, 2.75) is 71.8 Å². The third kappa shape index (κ3) is 1.73. The molecule has 1 aromatic heterocycles. The fourth-order valence-corrected chi connectivity index (χ4v) is 4.21. The Morgan fingerprint density at radius 3 is 2.65 bits per heavy atom. The Morgan fingerprint density at radius 2 is 1.88 bits per heavy atom. The van der Waals surface area contributed by atoms with Gasteiger partial charge in [-0.15, -0.1) is 0 Å². The molecule has 0 amide bonds. The minimum atomic E-state index is 0.291. The molecule has 0 bridgehead atoms. The maximum Gasteiger partial charge on any atom is 0.109 e. The van der Waals surface area contributed by atoms with Crippen LogP contribution in [-0.2, 0) is 24.8 Å². The molecule has 0 atom stereocenters. The van der Waals surface area contributed by atoms with Gasteiger partial charge in [-0.2, -0.15) is 0 Å². The molecular formula is C15H24N2. The molecule has 1 aliphatic carbocycles. The molecule has 1 aromatic rings. The topological polar surface area (TPSA) is 17.8 Å². The Hall–Kier alpha value is -0.790. The van der Waals surface area contributed by atoms with Crippen molar-refractivity contribution in [3.05, 3.63) is 17.2 Å². The first-order chi connectivity index (χ1) is 7.89. The summed E-state index contributed by atoms with van der Waals surface area (Å²) in [5, 5.41) is 0.